The Hall–Kier alpha value is -1.25. The van der Waals surface area contributed by atoms with Gasteiger partial charge in [0, 0.05) is 16.9 Å². The van der Waals surface area contributed by atoms with Crippen LogP contribution < -0.4 is 11.1 Å². The fourth-order valence-corrected chi connectivity index (χ4v) is 1.76. The van der Waals surface area contributed by atoms with Crippen LogP contribution in [0, 0.1) is 5.82 Å². The summed E-state index contributed by atoms with van der Waals surface area (Å²) in [6.07, 6.45) is 2.12. The average Bonchev–Trinajstić information content (AvgIpc) is 1.99. The molecule has 0 aliphatic heterocycles. The zero-order valence-electron chi connectivity index (χ0n) is 9.60. The molecule has 1 aromatic carbocycles. The number of hydrogen-bond donors (Lipinski definition) is 2. The number of hydrogen-bond acceptors (Lipinski definition) is 2. The molecule has 2 nitrogen and oxygen atoms in total. The molecule has 0 heterocycles. The van der Waals surface area contributed by atoms with Gasteiger partial charge in [-0.1, -0.05) is 13.3 Å². The molecule has 0 saturated heterocycles. The van der Waals surface area contributed by atoms with E-state index in [9.17, 15) is 4.39 Å². The van der Waals surface area contributed by atoms with Gasteiger partial charge >= 0.3 is 0 Å². The second-order valence-electron chi connectivity index (χ2n) is 4.53. The Balaban J connectivity index is 2.80. The van der Waals surface area contributed by atoms with E-state index >= 15 is 0 Å². The van der Waals surface area contributed by atoms with Crippen LogP contribution in [0.15, 0.2) is 18.2 Å². The molecular formula is C12H19FN2. The van der Waals surface area contributed by atoms with Crippen LogP contribution in [-0.4, -0.2) is 5.54 Å². The summed E-state index contributed by atoms with van der Waals surface area (Å²) in [5.41, 5.74) is 6.73. The van der Waals surface area contributed by atoms with Gasteiger partial charge in [0.25, 0.3) is 0 Å². The number of anilines is 2. The monoisotopic (exact) mass is 210 g/mol. The van der Waals surface area contributed by atoms with Crippen LogP contribution in [0.2, 0.25) is 0 Å². The van der Waals surface area contributed by atoms with Gasteiger partial charge in [0.05, 0.1) is 0 Å². The van der Waals surface area contributed by atoms with Crippen molar-refractivity contribution in [2.75, 3.05) is 11.1 Å². The van der Waals surface area contributed by atoms with E-state index in [-0.39, 0.29) is 11.4 Å². The molecule has 0 aliphatic carbocycles. The van der Waals surface area contributed by atoms with Crippen molar-refractivity contribution in [3.05, 3.63) is 24.0 Å². The van der Waals surface area contributed by atoms with Crippen LogP contribution >= 0.6 is 0 Å². The molecule has 0 radical (unpaired) electrons. The van der Waals surface area contributed by atoms with E-state index in [0.717, 1.165) is 18.5 Å². The van der Waals surface area contributed by atoms with E-state index in [1.165, 1.54) is 12.1 Å². The fourth-order valence-electron chi connectivity index (χ4n) is 1.76. The highest BCUT2D eigenvalue weighted by atomic mass is 19.1. The van der Waals surface area contributed by atoms with Gasteiger partial charge in [0.2, 0.25) is 0 Å². The number of benzene rings is 1. The van der Waals surface area contributed by atoms with Gasteiger partial charge < -0.3 is 11.1 Å². The molecule has 15 heavy (non-hydrogen) atoms. The molecule has 0 bridgehead atoms. The van der Waals surface area contributed by atoms with Crippen LogP contribution in [0.5, 0.6) is 0 Å². The number of rotatable bonds is 4. The van der Waals surface area contributed by atoms with Gasteiger partial charge in [-0.2, -0.15) is 0 Å². The van der Waals surface area contributed by atoms with Crippen molar-refractivity contribution in [3.63, 3.8) is 0 Å². The Labute approximate surface area is 90.7 Å². The number of nitrogen functional groups attached to an aromatic ring is 1. The van der Waals surface area contributed by atoms with Gasteiger partial charge in [0.1, 0.15) is 5.82 Å². The Morgan fingerprint density at radius 3 is 2.53 bits per heavy atom. The maximum atomic E-state index is 13.1. The van der Waals surface area contributed by atoms with Gasteiger partial charge in [-0.15, -0.1) is 0 Å². The van der Waals surface area contributed by atoms with Crippen LogP contribution in [0.4, 0.5) is 15.8 Å². The van der Waals surface area contributed by atoms with Crippen LogP contribution in [-0.2, 0) is 0 Å². The minimum atomic E-state index is -0.301. The molecule has 1 aromatic rings. The van der Waals surface area contributed by atoms with Crippen molar-refractivity contribution in [2.24, 2.45) is 0 Å². The Morgan fingerprint density at radius 2 is 2.00 bits per heavy atom. The van der Waals surface area contributed by atoms with E-state index < -0.39 is 0 Å². The molecule has 3 heteroatoms. The third-order valence-corrected chi connectivity index (χ3v) is 2.28. The third-order valence-electron chi connectivity index (χ3n) is 2.28. The predicted molar refractivity (Wildman–Crippen MR) is 63.4 cm³/mol. The molecule has 0 amide bonds. The van der Waals surface area contributed by atoms with Crippen molar-refractivity contribution in [1.82, 2.24) is 0 Å². The van der Waals surface area contributed by atoms with E-state index in [1.807, 2.05) is 0 Å². The SMILES string of the molecule is CCCC(C)(C)Nc1cc(N)cc(F)c1. The first-order valence-corrected chi connectivity index (χ1v) is 5.27. The van der Waals surface area contributed by atoms with Crippen molar-refractivity contribution in [3.8, 4) is 0 Å². The minimum Gasteiger partial charge on any atom is -0.399 e. The van der Waals surface area contributed by atoms with Gasteiger partial charge in [0.15, 0.2) is 0 Å². The quantitative estimate of drug-likeness (QED) is 0.747. The molecule has 0 atom stereocenters. The minimum absolute atomic E-state index is 0.0328. The van der Waals surface area contributed by atoms with Gasteiger partial charge in [-0.05, 0) is 38.5 Å². The fraction of sp³-hybridized carbons (Fsp3) is 0.500. The van der Waals surface area contributed by atoms with E-state index in [1.54, 1.807) is 6.07 Å². The molecule has 0 unspecified atom stereocenters. The van der Waals surface area contributed by atoms with Gasteiger partial charge in [-0.3, -0.25) is 0 Å². The Kier molecular flexibility index (Phi) is 3.56. The summed E-state index contributed by atoms with van der Waals surface area (Å²) in [6, 6.07) is 4.53. The molecule has 0 spiro atoms. The van der Waals surface area contributed by atoms with Crippen LogP contribution in [0.1, 0.15) is 33.6 Å². The van der Waals surface area contributed by atoms with Crippen molar-refractivity contribution in [1.29, 1.82) is 0 Å². The third kappa shape index (κ3) is 3.78. The first-order valence-electron chi connectivity index (χ1n) is 5.27. The summed E-state index contributed by atoms with van der Waals surface area (Å²) in [5, 5.41) is 3.28. The highest BCUT2D eigenvalue weighted by Crippen LogP contribution is 2.22. The molecule has 0 saturated carbocycles. The lowest BCUT2D eigenvalue weighted by molar-refractivity contribution is 0.510. The Morgan fingerprint density at radius 1 is 1.33 bits per heavy atom. The largest absolute Gasteiger partial charge is 0.399 e. The molecule has 3 N–H and O–H groups in total. The molecule has 84 valence electrons. The van der Waals surface area contributed by atoms with Crippen molar-refractivity contribution in [2.45, 2.75) is 39.2 Å². The van der Waals surface area contributed by atoms with Gasteiger partial charge in [-0.25, -0.2) is 4.39 Å². The lowest BCUT2D eigenvalue weighted by Gasteiger charge is -2.27. The lowest BCUT2D eigenvalue weighted by atomic mass is 9.98. The van der Waals surface area contributed by atoms with Crippen LogP contribution in [0.25, 0.3) is 0 Å². The normalized spacial score (nSPS) is 11.5. The molecule has 0 aromatic heterocycles. The first-order chi connectivity index (χ1) is 6.93. The van der Waals surface area contributed by atoms with E-state index in [2.05, 4.69) is 26.1 Å². The van der Waals surface area contributed by atoms with Crippen molar-refractivity contribution >= 4 is 11.4 Å². The molecule has 1 rings (SSSR count). The zero-order valence-corrected chi connectivity index (χ0v) is 9.60. The summed E-state index contributed by atoms with van der Waals surface area (Å²) in [5.74, 6) is -0.301. The summed E-state index contributed by atoms with van der Waals surface area (Å²) in [7, 11) is 0. The predicted octanol–water partition coefficient (Wildman–Crippen LogP) is 3.40. The number of nitrogens with one attached hydrogen (secondary N) is 1. The summed E-state index contributed by atoms with van der Waals surface area (Å²) in [4.78, 5) is 0. The van der Waals surface area contributed by atoms with Crippen LogP contribution in [0.3, 0.4) is 0 Å². The summed E-state index contributed by atoms with van der Waals surface area (Å²) < 4.78 is 13.1. The maximum absolute atomic E-state index is 13.1. The number of nitrogens with two attached hydrogens (primary N) is 1. The average molecular weight is 210 g/mol. The molecule has 0 aliphatic rings. The standard InChI is InChI=1S/C12H19FN2/c1-4-5-12(2,3)15-11-7-9(13)6-10(14)8-11/h6-8,15H,4-5,14H2,1-3H3. The summed E-state index contributed by atoms with van der Waals surface area (Å²) >= 11 is 0. The second kappa shape index (κ2) is 4.51. The highest BCUT2D eigenvalue weighted by molar-refractivity contribution is 5.55. The molecular weight excluding hydrogens is 191 g/mol. The van der Waals surface area contributed by atoms with Crippen molar-refractivity contribution < 1.29 is 4.39 Å². The first kappa shape index (κ1) is 11.8. The highest BCUT2D eigenvalue weighted by Gasteiger charge is 2.16. The topological polar surface area (TPSA) is 38.0 Å². The van der Waals surface area contributed by atoms with E-state index in [0.29, 0.717) is 5.69 Å². The lowest BCUT2D eigenvalue weighted by Crippen LogP contribution is -2.30. The molecule has 0 fully saturated rings. The van der Waals surface area contributed by atoms with E-state index in [4.69, 9.17) is 5.73 Å². The zero-order chi connectivity index (χ0) is 11.5. The smallest absolute Gasteiger partial charge is 0.127 e. The summed E-state index contributed by atoms with van der Waals surface area (Å²) in [6.45, 7) is 6.32. The second-order valence-corrected chi connectivity index (χ2v) is 4.53. The number of halogens is 1. The maximum Gasteiger partial charge on any atom is 0.127 e. The Bertz CT molecular complexity index is 314.